The molecule has 1 aromatic rings. The predicted octanol–water partition coefficient (Wildman–Crippen LogP) is 2.53. The van der Waals surface area contributed by atoms with E-state index >= 15 is 0 Å². The third-order valence-corrected chi connectivity index (χ3v) is 2.79. The summed E-state index contributed by atoms with van der Waals surface area (Å²) in [7, 11) is 0. The summed E-state index contributed by atoms with van der Waals surface area (Å²) in [6, 6.07) is 3.50. The monoisotopic (exact) mass is 222 g/mol. The number of anilines is 2. The van der Waals surface area contributed by atoms with Crippen molar-refractivity contribution in [2.75, 3.05) is 10.6 Å². The summed E-state index contributed by atoms with van der Waals surface area (Å²) < 4.78 is 13.6. The van der Waals surface area contributed by atoms with E-state index in [-0.39, 0.29) is 11.7 Å². The number of hydrogen-bond acceptors (Lipinski definition) is 2. The van der Waals surface area contributed by atoms with Gasteiger partial charge in [0.25, 0.3) is 0 Å². The Morgan fingerprint density at radius 3 is 3.00 bits per heavy atom. The number of halogens is 1. The Kier molecular flexibility index (Phi) is 2.81. The molecular formula is C12H15FN2O. The van der Waals surface area contributed by atoms with E-state index in [1.165, 1.54) is 13.0 Å². The third-order valence-electron chi connectivity index (χ3n) is 2.79. The first kappa shape index (κ1) is 10.9. The second-order valence-corrected chi connectivity index (χ2v) is 4.21. The Bertz CT molecular complexity index is 431. The van der Waals surface area contributed by atoms with E-state index in [1.807, 2.05) is 0 Å². The van der Waals surface area contributed by atoms with Crippen molar-refractivity contribution >= 4 is 17.3 Å². The first-order valence-corrected chi connectivity index (χ1v) is 5.43. The van der Waals surface area contributed by atoms with Gasteiger partial charge in [-0.25, -0.2) is 4.39 Å². The number of hydrogen-bond donors (Lipinski definition) is 2. The van der Waals surface area contributed by atoms with Crippen molar-refractivity contribution in [1.82, 2.24) is 0 Å². The van der Waals surface area contributed by atoms with Gasteiger partial charge >= 0.3 is 0 Å². The van der Waals surface area contributed by atoms with Crippen molar-refractivity contribution in [3.63, 3.8) is 0 Å². The van der Waals surface area contributed by atoms with E-state index < -0.39 is 0 Å². The maximum atomic E-state index is 13.6. The van der Waals surface area contributed by atoms with Crippen LogP contribution in [0.25, 0.3) is 0 Å². The smallest absolute Gasteiger partial charge is 0.221 e. The molecular weight excluding hydrogens is 207 g/mol. The average Bonchev–Trinajstić information content (AvgIpc) is 2.22. The lowest BCUT2D eigenvalue weighted by molar-refractivity contribution is -0.114. The van der Waals surface area contributed by atoms with Crippen molar-refractivity contribution in [3.05, 3.63) is 23.5 Å². The quantitative estimate of drug-likeness (QED) is 0.766. The van der Waals surface area contributed by atoms with Crippen LogP contribution in [-0.2, 0) is 11.2 Å². The van der Waals surface area contributed by atoms with Gasteiger partial charge in [0.2, 0.25) is 5.91 Å². The van der Waals surface area contributed by atoms with Crippen LogP contribution in [0, 0.1) is 5.82 Å². The van der Waals surface area contributed by atoms with E-state index in [1.54, 1.807) is 6.07 Å². The Labute approximate surface area is 94.0 Å². The first-order valence-electron chi connectivity index (χ1n) is 5.43. The van der Waals surface area contributed by atoms with Crippen molar-refractivity contribution in [2.24, 2.45) is 0 Å². The van der Waals surface area contributed by atoms with Crippen LogP contribution in [0.5, 0.6) is 0 Å². The molecule has 0 saturated heterocycles. The zero-order chi connectivity index (χ0) is 11.7. The lowest BCUT2D eigenvalue weighted by Gasteiger charge is -2.26. The standard InChI is InChI=1S/C12H15FN2O/c1-7-3-4-9-11(14-7)6-5-10(13)12(9)15-8(2)16/h5-7,14H,3-4H2,1-2H3,(H,15,16). The van der Waals surface area contributed by atoms with E-state index in [0.717, 1.165) is 24.1 Å². The maximum absolute atomic E-state index is 13.6. The topological polar surface area (TPSA) is 41.1 Å². The number of benzene rings is 1. The molecule has 0 fully saturated rings. The highest BCUT2D eigenvalue weighted by Crippen LogP contribution is 2.32. The number of carbonyl (C=O) groups is 1. The predicted molar refractivity (Wildman–Crippen MR) is 62.1 cm³/mol. The molecule has 0 aliphatic carbocycles. The van der Waals surface area contributed by atoms with Gasteiger partial charge in [-0.3, -0.25) is 4.79 Å². The first-order chi connectivity index (χ1) is 7.58. The molecule has 0 bridgehead atoms. The Balaban J connectivity index is 2.43. The van der Waals surface area contributed by atoms with E-state index in [2.05, 4.69) is 17.6 Å². The van der Waals surface area contributed by atoms with Crippen molar-refractivity contribution in [3.8, 4) is 0 Å². The van der Waals surface area contributed by atoms with Gasteiger partial charge in [0, 0.05) is 24.2 Å². The number of fused-ring (bicyclic) bond motifs is 1. The molecule has 0 radical (unpaired) electrons. The summed E-state index contributed by atoms with van der Waals surface area (Å²) in [4.78, 5) is 11.0. The van der Waals surface area contributed by atoms with Crippen molar-refractivity contribution in [1.29, 1.82) is 0 Å². The minimum atomic E-state index is -0.370. The molecule has 1 aliphatic rings. The van der Waals surface area contributed by atoms with Gasteiger partial charge in [-0.15, -0.1) is 0 Å². The van der Waals surface area contributed by atoms with Crippen LogP contribution in [0.4, 0.5) is 15.8 Å². The van der Waals surface area contributed by atoms with Gasteiger partial charge in [-0.05, 0) is 31.9 Å². The summed E-state index contributed by atoms with van der Waals surface area (Å²) in [6.07, 6.45) is 1.74. The summed E-state index contributed by atoms with van der Waals surface area (Å²) in [6.45, 7) is 3.47. The Morgan fingerprint density at radius 1 is 1.56 bits per heavy atom. The molecule has 1 atom stereocenters. The fourth-order valence-corrected chi connectivity index (χ4v) is 2.02. The highest BCUT2D eigenvalue weighted by molar-refractivity contribution is 5.91. The minimum absolute atomic E-state index is 0.245. The number of carbonyl (C=O) groups excluding carboxylic acids is 1. The minimum Gasteiger partial charge on any atom is -0.382 e. The molecule has 86 valence electrons. The van der Waals surface area contributed by atoms with Crippen molar-refractivity contribution in [2.45, 2.75) is 32.7 Å². The summed E-state index contributed by atoms with van der Waals surface area (Å²) in [5.41, 5.74) is 2.11. The molecule has 2 N–H and O–H groups in total. The third kappa shape index (κ3) is 2.01. The van der Waals surface area contributed by atoms with Gasteiger partial charge in [-0.2, -0.15) is 0 Å². The molecule has 0 aromatic heterocycles. The lowest BCUT2D eigenvalue weighted by Crippen LogP contribution is -2.23. The largest absolute Gasteiger partial charge is 0.382 e. The highest BCUT2D eigenvalue weighted by Gasteiger charge is 2.20. The fourth-order valence-electron chi connectivity index (χ4n) is 2.02. The molecule has 2 rings (SSSR count). The fraction of sp³-hybridized carbons (Fsp3) is 0.417. The summed E-state index contributed by atoms with van der Waals surface area (Å²) >= 11 is 0. The van der Waals surface area contributed by atoms with E-state index in [4.69, 9.17) is 0 Å². The van der Waals surface area contributed by atoms with Gasteiger partial charge in [0.1, 0.15) is 5.82 Å². The summed E-state index contributed by atoms with van der Waals surface area (Å²) in [5.74, 6) is -0.615. The molecule has 1 amide bonds. The van der Waals surface area contributed by atoms with E-state index in [0.29, 0.717) is 11.7 Å². The van der Waals surface area contributed by atoms with Gasteiger partial charge < -0.3 is 10.6 Å². The maximum Gasteiger partial charge on any atom is 0.221 e. The van der Waals surface area contributed by atoms with Crippen LogP contribution in [0.1, 0.15) is 25.8 Å². The summed E-state index contributed by atoms with van der Waals surface area (Å²) in [5, 5.41) is 5.84. The Morgan fingerprint density at radius 2 is 2.31 bits per heavy atom. The molecule has 3 nitrogen and oxygen atoms in total. The normalized spacial score (nSPS) is 18.6. The number of rotatable bonds is 1. The second kappa shape index (κ2) is 4.12. The van der Waals surface area contributed by atoms with Crippen LogP contribution in [0.3, 0.4) is 0 Å². The van der Waals surface area contributed by atoms with Gasteiger partial charge in [-0.1, -0.05) is 0 Å². The SMILES string of the molecule is CC(=O)Nc1c(F)ccc2c1CCC(C)N2. The van der Waals surface area contributed by atoms with Crippen LogP contribution in [0.2, 0.25) is 0 Å². The molecule has 1 aliphatic heterocycles. The second-order valence-electron chi connectivity index (χ2n) is 4.21. The van der Waals surface area contributed by atoms with Crippen LogP contribution in [-0.4, -0.2) is 11.9 Å². The molecule has 4 heteroatoms. The van der Waals surface area contributed by atoms with Crippen molar-refractivity contribution < 1.29 is 9.18 Å². The molecule has 16 heavy (non-hydrogen) atoms. The number of amides is 1. The Hall–Kier alpha value is -1.58. The van der Waals surface area contributed by atoms with Crippen LogP contribution >= 0.6 is 0 Å². The molecule has 1 aromatic carbocycles. The highest BCUT2D eigenvalue weighted by atomic mass is 19.1. The number of nitrogens with one attached hydrogen (secondary N) is 2. The zero-order valence-electron chi connectivity index (χ0n) is 9.43. The molecule has 1 heterocycles. The molecule has 0 spiro atoms. The van der Waals surface area contributed by atoms with Crippen LogP contribution < -0.4 is 10.6 Å². The van der Waals surface area contributed by atoms with Gasteiger partial charge in [0.15, 0.2) is 0 Å². The zero-order valence-corrected chi connectivity index (χ0v) is 9.43. The average molecular weight is 222 g/mol. The van der Waals surface area contributed by atoms with E-state index in [9.17, 15) is 9.18 Å². The lowest BCUT2D eigenvalue weighted by atomic mass is 9.97. The molecule has 0 saturated carbocycles. The molecule has 1 unspecified atom stereocenters. The van der Waals surface area contributed by atoms with Gasteiger partial charge in [0.05, 0.1) is 5.69 Å². The van der Waals surface area contributed by atoms with Crippen LogP contribution in [0.15, 0.2) is 12.1 Å².